The Morgan fingerprint density at radius 1 is 1.42 bits per heavy atom. The predicted molar refractivity (Wildman–Crippen MR) is 87.4 cm³/mol. The van der Waals surface area contributed by atoms with E-state index in [4.69, 9.17) is 4.74 Å². The lowest BCUT2D eigenvalue weighted by atomic mass is 9.81. The van der Waals surface area contributed by atoms with E-state index in [2.05, 4.69) is 6.07 Å². The number of non-ortho nitro benzene ring substituents is 1. The van der Waals surface area contributed by atoms with Gasteiger partial charge in [0.15, 0.2) is 6.10 Å². The molecule has 128 valence electrons. The maximum absolute atomic E-state index is 12.6. The summed E-state index contributed by atoms with van der Waals surface area (Å²) >= 11 is 0. The Bertz CT molecular complexity index is 662. The van der Waals surface area contributed by atoms with Gasteiger partial charge >= 0.3 is 0 Å². The first-order valence-electron chi connectivity index (χ1n) is 8.00. The van der Waals surface area contributed by atoms with Crippen LogP contribution in [0, 0.1) is 21.4 Å². The molecule has 0 radical (unpaired) electrons. The molecule has 0 N–H and O–H groups in total. The van der Waals surface area contributed by atoms with Crippen molar-refractivity contribution in [3.63, 3.8) is 0 Å². The molecule has 1 aliphatic carbocycles. The second kappa shape index (κ2) is 7.30. The van der Waals surface area contributed by atoms with Crippen molar-refractivity contribution in [2.24, 2.45) is 0 Å². The van der Waals surface area contributed by atoms with E-state index < -0.39 is 16.6 Å². The van der Waals surface area contributed by atoms with Crippen LogP contribution in [-0.2, 0) is 4.79 Å². The van der Waals surface area contributed by atoms with Crippen LogP contribution in [0.3, 0.4) is 0 Å². The second-order valence-electron chi connectivity index (χ2n) is 6.12. The molecule has 7 heteroatoms. The van der Waals surface area contributed by atoms with Gasteiger partial charge in [-0.3, -0.25) is 14.9 Å². The number of carbonyl (C=O) groups is 1. The van der Waals surface area contributed by atoms with Crippen LogP contribution >= 0.6 is 0 Å². The predicted octanol–water partition coefficient (Wildman–Crippen LogP) is 3.05. The van der Waals surface area contributed by atoms with Crippen molar-refractivity contribution < 1.29 is 14.5 Å². The molecule has 1 fully saturated rings. The van der Waals surface area contributed by atoms with Crippen molar-refractivity contribution in [1.82, 2.24) is 4.90 Å². The number of hydrogen-bond donors (Lipinski definition) is 0. The summed E-state index contributed by atoms with van der Waals surface area (Å²) in [6, 6.07) is 8.02. The number of benzene rings is 1. The van der Waals surface area contributed by atoms with Crippen molar-refractivity contribution >= 4 is 11.6 Å². The van der Waals surface area contributed by atoms with Gasteiger partial charge in [-0.2, -0.15) is 5.26 Å². The van der Waals surface area contributed by atoms with E-state index in [-0.39, 0.29) is 17.3 Å². The quantitative estimate of drug-likeness (QED) is 0.610. The smallest absolute Gasteiger partial charge is 0.273 e. The molecule has 0 unspecified atom stereocenters. The molecule has 0 aliphatic heterocycles. The fraction of sp³-hybridized carbons (Fsp3) is 0.529. The van der Waals surface area contributed by atoms with Crippen LogP contribution in [0.25, 0.3) is 0 Å². The highest BCUT2D eigenvalue weighted by atomic mass is 16.6. The summed E-state index contributed by atoms with van der Waals surface area (Å²) in [4.78, 5) is 24.4. The number of hydrogen-bond acceptors (Lipinski definition) is 5. The second-order valence-corrected chi connectivity index (χ2v) is 6.12. The van der Waals surface area contributed by atoms with Gasteiger partial charge in [-0.25, -0.2) is 0 Å². The summed E-state index contributed by atoms with van der Waals surface area (Å²) < 4.78 is 5.56. The maximum atomic E-state index is 12.6. The largest absolute Gasteiger partial charge is 0.481 e. The number of nitro groups is 1. The van der Waals surface area contributed by atoms with E-state index in [0.717, 1.165) is 19.3 Å². The molecular formula is C17H21N3O4. The zero-order valence-corrected chi connectivity index (χ0v) is 13.9. The summed E-state index contributed by atoms with van der Waals surface area (Å²) in [6.45, 7) is 1.59. The summed E-state index contributed by atoms with van der Waals surface area (Å²) in [5, 5.41) is 20.4. The molecule has 1 aromatic carbocycles. The van der Waals surface area contributed by atoms with Crippen LogP contribution < -0.4 is 4.74 Å². The molecule has 2 rings (SSSR count). The molecule has 1 atom stereocenters. The molecule has 1 aromatic rings. The van der Waals surface area contributed by atoms with Crippen LogP contribution in [0.5, 0.6) is 5.75 Å². The van der Waals surface area contributed by atoms with Crippen molar-refractivity contribution in [3.8, 4) is 11.8 Å². The number of nitrogens with zero attached hydrogens (tertiary/aromatic N) is 3. The molecule has 1 amide bonds. The fourth-order valence-electron chi connectivity index (χ4n) is 3.07. The summed E-state index contributed by atoms with van der Waals surface area (Å²) in [5.41, 5.74) is -0.878. The van der Waals surface area contributed by atoms with Crippen LogP contribution in [0.4, 0.5) is 5.69 Å². The number of carbonyl (C=O) groups excluding carboxylic acids is 1. The highest BCUT2D eigenvalue weighted by Crippen LogP contribution is 2.33. The van der Waals surface area contributed by atoms with E-state index in [9.17, 15) is 20.2 Å². The van der Waals surface area contributed by atoms with Crippen LogP contribution in [0.2, 0.25) is 0 Å². The molecule has 24 heavy (non-hydrogen) atoms. The lowest BCUT2D eigenvalue weighted by Crippen LogP contribution is -2.53. The number of rotatable bonds is 5. The van der Waals surface area contributed by atoms with E-state index in [1.165, 1.54) is 23.1 Å². The number of ether oxygens (including phenoxy) is 1. The van der Waals surface area contributed by atoms with Gasteiger partial charge in [0.1, 0.15) is 11.3 Å². The minimum atomic E-state index is -0.829. The average Bonchev–Trinajstić information content (AvgIpc) is 2.61. The third-order valence-electron chi connectivity index (χ3n) is 4.55. The van der Waals surface area contributed by atoms with Gasteiger partial charge in [0.25, 0.3) is 11.6 Å². The zero-order valence-electron chi connectivity index (χ0n) is 13.9. The Kier molecular flexibility index (Phi) is 5.39. The van der Waals surface area contributed by atoms with Crippen molar-refractivity contribution in [3.05, 3.63) is 34.4 Å². The molecule has 0 saturated heterocycles. The lowest BCUT2D eigenvalue weighted by Gasteiger charge is -2.40. The topological polar surface area (TPSA) is 96.5 Å². The average molecular weight is 331 g/mol. The monoisotopic (exact) mass is 331 g/mol. The minimum absolute atomic E-state index is 0.0960. The first-order valence-corrected chi connectivity index (χ1v) is 8.00. The Balaban J connectivity index is 2.10. The highest BCUT2D eigenvalue weighted by molar-refractivity contribution is 5.82. The third-order valence-corrected chi connectivity index (χ3v) is 4.55. The number of nitro benzene ring substituents is 1. The van der Waals surface area contributed by atoms with Gasteiger partial charge in [0.05, 0.1) is 17.1 Å². The molecule has 0 spiro atoms. The molecule has 1 aliphatic rings. The Morgan fingerprint density at radius 2 is 2.08 bits per heavy atom. The number of amides is 1. The molecule has 7 nitrogen and oxygen atoms in total. The first-order chi connectivity index (χ1) is 11.4. The summed E-state index contributed by atoms with van der Waals surface area (Å²) in [6.07, 6.45) is 3.41. The van der Waals surface area contributed by atoms with Gasteiger partial charge in [-0.1, -0.05) is 25.3 Å². The summed E-state index contributed by atoms with van der Waals surface area (Å²) in [5.74, 6) is -0.0435. The van der Waals surface area contributed by atoms with E-state index in [1.54, 1.807) is 20.0 Å². The van der Waals surface area contributed by atoms with Gasteiger partial charge in [0.2, 0.25) is 0 Å². The van der Waals surface area contributed by atoms with Crippen LogP contribution in [-0.4, -0.2) is 34.4 Å². The van der Waals surface area contributed by atoms with Crippen molar-refractivity contribution in [2.75, 3.05) is 7.05 Å². The third kappa shape index (κ3) is 3.65. The van der Waals surface area contributed by atoms with E-state index >= 15 is 0 Å². The zero-order chi connectivity index (χ0) is 17.7. The Hall–Kier alpha value is -2.62. The summed E-state index contributed by atoms with van der Waals surface area (Å²) in [7, 11) is 1.63. The molecule has 1 saturated carbocycles. The number of likely N-dealkylation sites (N-methyl/N-ethyl adjacent to an activating group) is 1. The van der Waals surface area contributed by atoms with Gasteiger partial charge in [-0.15, -0.1) is 0 Å². The lowest BCUT2D eigenvalue weighted by molar-refractivity contribution is -0.384. The van der Waals surface area contributed by atoms with Crippen LogP contribution in [0.1, 0.15) is 39.0 Å². The van der Waals surface area contributed by atoms with Gasteiger partial charge in [-0.05, 0) is 25.8 Å². The van der Waals surface area contributed by atoms with E-state index in [0.29, 0.717) is 12.8 Å². The molecule has 0 aromatic heterocycles. The van der Waals surface area contributed by atoms with Crippen molar-refractivity contribution in [1.29, 1.82) is 5.26 Å². The fourth-order valence-corrected chi connectivity index (χ4v) is 3.07. The molecule has 0 heterocycles. The minimum Gasteiger partial charge on any atom is -0.481 e. The van der Waals surface area contributed by atoms with E-state index in [1.807, 2.05) is 0 Å². The van der Waals surface area contributed by atoms with Gasteiger partial charge < -0.3 is 9.64 Å². The highest BCUT2D eigenvalue weighted by Gasteiger charge is 2.40. The SMILES string of the molecule is C[C@H](Oc1cccc([N+](=O)[O-])c1)C(=O)N(C)C1(C#N)CCCCC1. The Morgan fingerprint density at radius 3 is 2.67 bits per heavy atom. The number of nitriles is 1. The molecular weight excluding hydrogens is 310 g/mol. The normalized spacial score (nSPS) is 17.4. The molecule has 0 bridgehead atoms. The van der Waals surface area contributed by atoms with Crippen LogP contribution in [0.15, 0.2) is 24.3 Å². The standard InChI is InChI=1S/C17H21N3O4/c1-13(24-15-8-6-7-14(11-15)20(22)23)16(21)19(2)17(12-18)9-4-3-5-10-17/h6-8,11,13H,3-5,9-10H2,1-2H3/t13-/m0/s1. The van der Waals surface area contributed by atoms with Crippen molar-refractivity contribution in [2.45, 2.75) is 50.7 Å². The maximum Gasteiger partial charge on any atom is 0.273 e. The van der Waals surface area contributed by atoms with Gasteiger partial charge in [0, 0.05) is 13.1 Å². The Labute approximate surface area is 141 Å². The first kappa shape index (κ1) is 17.7.